The van der Waals surface area contributed by atoms with Gasteiger partial charge in [-0.1, -0.05) is 15.9 Å². The largest absolute Gasteiger partial charge is 0.275 e. The molecule has 0 bridgehead atoms. The fourth-order valence-corrected chi connectivity index (χ4v) is 1.97. The molecule has 2 aromatic rings. The summed E-state index contributed by atoms with van der Waals surface area (Å²) in [6.07, 6.45) is 5.19. The molecule has 0 aliphatic rings. The minimum absolute atomic E-state index is 0.929. The standard InChI is InChI=1S/C11H8BrN3/c1-15-7-9-8(3-2-6-13)10(12)4-5-11(9)14-15/h2-5,7H,1H3. The van der Waals surface area contributed by atoms with E-state index in [9.17, 15) is 0 Å². The van der Waals surface area contributed by atoms with Gasteiger partial charge in [0.15, 0.2) is 0 Å². The SMILES string of the molecule is Cn1cc2c(C=CC#N)c(Br)ccc2n1. The average Bonchev–Trinajstić information content (AvgIpc) is 2.57. The van der Waals surface area contributed by atoms with E-state index >= 15 is 0 Å². The molecule has 0 saturated heterocycles. The van der Waals surface area contributed by atoms with Gasteiger partial charge in [0.1, 0.15) is 0 Å². The lowest BCUT2D eigenvalue weighted by Crippen LogP contribution is -1.84. The first-order valence-corrected chi connectivity index (χ1v) is 5.19. The van der Waals surface area contributed by atoms with Crippen molar-refractivity contribution in [3.05, 3.63) is 34.4 Å². The molecule has 0 radical (unpaired) electrons. The van der Waals surface area contributed by atoms with Gasteiger partial charge in [0.05, 0.1) is 11.6 Å². The maximum Gasteiger partial charge on any atom is 0.0930 e. The number of benzene rings is 1. The van der Waals surface area contributed by atoms with Gasteiger partial charge in [-0.15, -0.1) is 0 Å². The quantitative estimate of drug-likeness (QED) is 0.741. The minimum Gasteiger partial charge on any atom is -0.275 e. The predicted octanol–water partition coefficient (Wildman–Crippen LogP) is 2.87. The van der Waals surface area contributed by atoms with Crippen LogP contribution in [0.1, 0.15) is 5.56 Å². The van der Waals surface area contributed by atoms with E-state index in [0.29, 0.717) is 0 Å². The maximum atomic E-state index is 8.52. The Morgan fingerprint density at radius 1 is 1.53 bits per heavy atom. The molecular weight excluding hydrogens is 254 g/mol. The van der Waals surface area contributed by atoms with Crippen molar-refractivity contribution in [3.8, 4) is 6.07 Å². The van der Waals surface area contributed by atoms with Crippen molar-refractivity contribution in [1.29, 1.82) is 5.26 Å². The molecule has 0 aliphatic carbocycles. The summed E-state index contributed by atoms with van der Waals surface area (Å²) in [6, 6.07) is 5.87. The third kappa shape index (κ3) is 1.79. The molecule has 0 spiro atoms. The first-order valence-electron chi connectivity index (χ1n) is 4.40. The lowest BCUT2D eigenvalue weighted by molar-refractivity contribution is 0.780. The number of allylic oxidation sites excluding steroid dienone is 1. The lowest BCUT2D eigenvalue weighted by Gasteiger charge is -1.98. The third-order valence-corrected chi connectivity index (χ3v) is 2.81. The van der Waals surface area contributed by atoms with Crippen LogP contribution < -0.4 is 0 Å². The van der Waals surface area contributed by atoms with E-state index in [1.165, 1.54) is 6.08 Å². The van der Waals surface area contributed by atoms with Crippen LogP contribution in [0.3, 0.4) is 0 Å². The highest BCUT2D eigenvalue weighted by Gasteiger charge is 2.05. The van der Waals surface area contributed by atoms with E-state index in [4.69, 9.17) is 5.26 Å². The maximum absolute atomic E-state index is 8.52. The second-order valence-electron chi connectivity index (χ2n) is 3.16. The Labute approximate surface area is 95.8 Å². The van der Waals surface area contributed by atoms with Crippen molar-refractivity contribution in [1.82, 2.24) is 9.78 Å². The van der Waals surface area contributed by atoms with Crippen LogP contribution in [0, 0.1) is 11.3 Å². The molecule has 3 nitrogen and oxygen atoms in total. The molecule has 1 aromatic carbocycles. The zero-order chi connectivity index (χ0) is 10.8. The number of rotatable bonds is 1. The summed E-state index contributed by atoms with van der Waals surface area (Å²) in [5, 5.41) is 13.9. The minimum atomic E-state index is 0.929. The third-order valence-electron chi connectivity index (χ3n) is 2.12. The fraction of sp³-hybridized carbons (Fsp3) is 0.0909. The molecule has 74 valence electrons. The van der Waals surface area contributed by atoms with Crippen molar-refractivity contribution >= 4 is 32.9 Å². The van der Waals surface area contributed by atoms with E-state index in [1.807, 2.05) is 31.4 Å². The molecule has 1 heterocycles. The molecule has 0 N–H and O–H groups in total. The first kappa shape index (κ1) is 9.94. The molecule has 1 aromatic heterocycles. The van der Waals surface area contributed by atoms with Crippen LogP contribution in [0.2, 0.25) is 0 Å². The summed E-state index contributed by atoms with van der Waals surface area (Å²) in [5.41, 5.74) is 1.92. The van der Waals surface area contributed by atoms with Crippen LogP contribution in [-0.4, -0.2) is 9.78 Å². The number of nitrogens with zero attached hydrogens (tertiary/aromatic N) is 3. The Bertz CT molecular complexity index is 575. The molecule has 0 aliphatic heterocycles. The second-order valence-corrected chi connectivity index (χ2v) is 4.01. The van der Waals surface area contributed by atoms with Gasteiger partial charge in [-0.05, 0) is 18.2 Å². The van der Waals surface area contributed by atoms with Crippen LogP contribution in [0.5, 0.6) is 0 Å². The van der Waals surface area contributed by atoms with Gasteiger partial charge in [-0.2, -0.15) is 10.4 Å². The number of fused-ring (bicyclic) bond motifs is 1. The van der Waals surface area contributed by atoms with E-state index in [2.05, 4.69) is 21.0 Å². The summed E-state index contributed by atoms with van der Waals surface area (Å²) in [7, 11) is 1.88. The lowest BCUT2D eigenvalue weighted by atomic mass is 10.1. The molecule has 0 atom stereocenters. The summed E-state index contributed by atoms with van der Waals surface area (Å²) < 4.78 is 2.73. The Morgan fingerprint density at radius 3 is 3.07 bits per heavy atom. The van der Waals surface area contributed by atoms with Crippen molar-refractivity contribution in [2.75, 3.05) is 0 Å². The van der Waals surface area contributed by atoms with Crippen LogP contribution in [-0.2, 0) is 7.05 Å². The highest BCUT2D eigenvalue weighted by molar-refractivity contribution is 9.10. The molecule has 0 unspecified atom stereocenters. The molecular formula is C11H8BrN3. The Morgan fingerprint density at radius 2 is 2.33 bits per heavy atom. The first-order chi connectivity index (χ1) is 7.22. The number of halogens is 1. The molecule has 0 amide bonds. The van der Waals surface area contributed by atoms with Crippen LogP contribution >= 0.6 is 15.9 Å². The van der Waals surface area contributed by atoms with Crippen LogP contribution in [0.4, 0.5) is 0 Å². The summed E-state index contributed by atoms with van der Waals surface area (Å²) >= 11 is 3.46. The van der Waals surface area contributed by atoms with Gasteiger partial charge in [0, 0.05) is 34.7 Å². The number of hydrogen-bond acceptors (Lipinski definition) is 2. The topological polar surface area (TPSA) is 41.6 Å². The van der Waals surface area contributed by atoms with Crippen molar-refractivity contribution in [2.24, 2.45) is 7.05 Å². The van der Waals surface area contributed by atoms with Gasteiger partial charge < -0.3 is 0 Å². The number of aromatic nitrogens is 2. The summed E-state index contributed by atoms with van der Waals surface area (Å²) in [5.74, 6) is 0. The molecule has 15 heavy (non-hydrogen) atoms. The van der Waals surface area contributed by atoms with E-state index in [0.717, 1.165) is 20.9 Å². The Kier molecular flexibility index (Phi) is 2.57. The second kappa shape index (κ2) is 3.87. The van der Waals surface area contributed by atoms with Crippen molar-refractivity contribution in [2.45, 2.75) is 0 Å². The smallest absolute Gasteiger partial charge is 0.0930 e. The number of hydrogen-bond donors (Lipinski definition) is 0. The van der Waals surface area contributed by atoms with Crippen molar-refractivity contribution in [3.63, 3.8) is 0 Å². The van der Waals surface area contributed by atoms with E-state index in [-0.39, 0.29) is 0 Å². The fourth-order valence-electron chi connectivity index (χ4n) is 1.50. The molecule has 4 heteroatoms. The number of nitriles is 1. The Balaban J connectivity index is 2.74. The average molecular weight is 262 g/mol. The molecule has 0 fully saturated rings. The van der Waals surface area contributed by atoms with Gasteiger partial charge in [0.2, 0.25) is 0 Å². The van der Waals surface area contributed by atoms with Crippen LogP contribution in [0.25, 0.3) is 17.0 Å². The monoisotopic (exact) mass is 261 g/mol. The highest BCUT2D eigenvalue weighted by atomic mass is 79.9. The van der Waals surface area contributed by atoms with E-state index in [1.54, 1.807) is 10.8 Å². The number of aryl methyl sites for hydroxylation is 1. The van der Waals surface area contributed by atoms with Gasteiger partial charge in [0.25, 0.3) is 0 Å². The predicted molar refractivity (Wildman–Crippen MR) is 63.1 cm³/mol. The van der Waals surface area contributed by atoms with Gasteiger partial charge in [-0.3, -0.25) is 4.68 Å². The normalized spacial score (nSPS) is 11.0. The van der Waals surface area contributed by atoms with Crippen molar-refractivity contribution < 1.29 is 0 Å². The zero-order valence-electron chi connectivity index (χ0n) is 8.11. The Hall–Kier alpha value is -1.60. The molecule has 0 saturated carbocycles. The van der Waals surface area contributed by atoms with Crippen LogP contribution in [0.15, 0.2) is 28.9 Å². The van der Waals surface area contributed by atoms with E-state index < -0.39 is 0 Å². The highest BCUT2D eigenvalue weighted by Crippen LogP contribution is 2.26. The zero-order valence-corrected chi connectivity index (χ0v) is 9.69. The van der Waals surface area contributed by atoms with Gasteiger partial charge in [-0.25, -0.2) is 0 Å². The molecule has 2 rings (SSSR count). The summed E-state index contributed by atoms with van der Waals surface area (Å²) in [4.78, 5) is 0. The summed E-state index contributed by atoms with van der Waals surface area (Å²) in [6.45, 7) is 0. The van der Waals surface area contributed by atoms with Gasteiger partial charge >= 0.3 is 0 Å².